The summed E-state index contributed by atoms with van der Waals surface area (Å²) in [4.78, 5) is 26.0. The van der Waals surface area contributed by atoms with E-state index in [1.165, 1.54) is 6.26 Å². The average Bonchev–Trinajstić information content (AvgIpc) is 3.18. The quantitative estimate of drug-likeness (QED) is 0.614. The van der Waals surface area contributed by atoms with E-state index in [4.69, 9.17) is 20.8 Å². The number of rotatable bonds is 7. The summed E-state index contributed by atoms with van der Waals surface area (Å²) in [5, 5.41) is 6.19. The van der Waals surface area contributed by atoms with Crippen LogP contribution in [0.3, 0.4) is 0 Å². The highest BCUT2D eigenvalue weighted by molar-refractivity contribution is 6.30. The van der Waals surface area contributed by atoms with E-state index in [1.807, 2.05) is 31.3 Å². The van der Waals surface area contributed by atoms with Gasteiger partial charge in [0.2, 0.25) is 0 Å². The number of benzene rings is 1. The zero-order valence-electron chi connectivity index (χ0n) is 15.8. The molecule has 0 aliphatic carbocycles. The molecule has 3 N–H and O–H groups in total. The van der Waals surface area contributed by atoms with Crippen molar-refractivity contribution in [3.05, 3.63) is 70.3 Å². The van der Waals surface area contributed by atoms with E-state index in [1.54, 1.807) is 19.1 Å². The summed E-state index contributed by atoms with van der Waals surface area (Å²) in [5.74, 6) is -0.00329. The van der Waals surface area contributed by atoms with Gasteiger partial charge >= 0.3 is 12.0 Å². The van der Waals surface area contributed by atoms with Crippen LogP contribution in [0.1, 0.15) is 24.3 Å². The number of quaternary nitrogens is 1. The highest BCUT2D eigenvalue weighted by Crippen LogP contribution is 2.27. The van der Waals surface area contributed by atoms with Gasteiger partial charge in [-0.2, -0.15) is 0 Å². The molecular formula is C20H23ClN3O4+. The SMILES string of the molecule is CCOC(=O)C1=C(C[NH+](C)Cc2ccc(Cl)cc2)NC(=O)N[C@H]1c1ccco1. The molecule has 1 aromatic heterocycles. The second-order valence-corrected chi connectivity index (χ2v) is 7.03. The Kier molecular flexibility index (Phi) is 6.38. The van der Waals surface area contributed by atoms with Crippen molar-refractivity contribution in [2.24, 2.45) is 0 Å². The Bertz CT molecular complexity index is 862. The fraction of sp³-hybridized carbons (Fsp3) is 0.300. The van der Waals surface area contributed by atoms with Crippen LogP contribution >= 0.6 is 11.6 Å². The lowest BCUT2D eigenvalue weighted by Gasteiger charge is -2.28. The minimum Gasteiger partial charge on any atom is -0.467 e. The normalized spacial score (nSPS) is 17.7. The average molecular weight is 405 g/mol. The van der Waals surface area contributed by atoms with Gasteiger partial charge in [0.1, 0.15) is 24.9 Å². The van der Waals surface area contributed by atoms with Crippen molar-refractivity contribution < 1.29 is 23.6 Å². The van der Waals surface area contributed by atoms with E-state index < -0.39 is 12.0 Å². The van der Waals surface area contributed by atoms with Gasteiger partial charge in [0.05, 0.1) is 31.2 Å². The van der Waals surface area contributed by atoms with Gasteiger partial charge in [-0.1, -0.05) is 23.7 Å². The third-order valence-electron chi connectivity index (χ3n) is 4.37. The van der Waals surface area contributed by atoms with Gasteiger partial charge in [-0.15, -0.1) is 0 Å². The molecule has 2 amide bonds. The molecule has 2 aromatic rings. The largest absolute Gasteiger partial charge is 0.467 e. The molecule has 1 aliphatic rings. The number of likely N-dealkylation sites (N-methyl/N-ethyl adjacent to an activating group) is 1. The maximum Gasteiger partial charge on any atom is 0.338 e. The van der Waals surface area contributed by atoms with Gasteiger partial charge in [0.15, 0.2) is 0 Å². The fourth-order valence-electron chi connectivity index (χ4n) is 3.19. The maximum atomic E-state index is 12.7. The van der Waals surface area contributed by atoms with Crippen LogP contribution in [0.5, 0.6) is 0 Å². The first-order chi connectivity index (χ1) is 13.5. The number of carbonyl (C=O) groups is 2. The summed E-state index contributed by atoms with van der Waals surface area (Å²) in [6.45, 7) is 3.11. The van der Waals surface area contributed by atoms with Crippen LogP contribution in [0.15, 0.2) is 58.3 Å². The number of furan rings is 1. The number of hydrogen-bond acceptors (Lipinski definition) is 4. The Morgan fingerprint density at radius 2 is 2.00 bits per heavy atom. The zero-order chi connectivity index (χ0) is 20.1. The Morgan fingerprint density at radius 1 is 1.25 bits per heavy atom. The van der Waals surface area contributed by atoms with Crippen LogP contribution < -0.4 is 15.5 Å². The molecule has 7 nitrogen and oxygen atoms in total. The molecule has 3 rings (SSSR count). The summed E-state index contributed by atoms with van der Waals surface area (Å²) < 4.78 is 10.7. The smallest absolute Gasteiger partial charge is 0.338 e. The number of nitrogens with one attached hydrogen (secondary N) is 3. The third-order valence-corrected chi connectivity index (χ3v) is 4.63. The Morgan fingerprint density at radius 3 is 2.64 bits per heavy atom. The number of amides is 2. The number of halogens is 1. The Balaban J connectivity index is 1.87. The van der Waals surface area contributed by atoms with Crippen LogP contribution in [0.25, 0.3) is 0 Å². The van der Waals surface area contributed by atoms with E-state index in [0.29, 0.717) is 35.1 Å². The van der Waals surface area contributed by atoms with Crippen molar-refractivity contribution in [3.63, 3.8) is 0 Å². The van der Waals surface area contributed by atoms with E-state index in [0.717, 1.165) is 10.5 Å². The van der Waals surface area contributed by atoms with Crippen LogP contribution in [-0.4, -0.2) is 32.2 Å². The van der Waals surface area contributed by atoms with Gasteiger partial charge in [-0.25, -0.2) is 9.59 Å². The number of hydrogen-bond donors (Lipinski definition) is 3. The van der Waals surface area contributed by atoms with E-state index in [9.17, 15) is 9.59 Å². The maximum absolute atomic E-state index is 12.7. The van der Waals surface area contributed by atoms with Gasteiger partial charge in [-0.3, -0.25) is 0 Å². The minimum absolute atomic E-state index is 0.238. The highest BCUT2D eigenvalue weighted by atomic mass is 35.5. The topological polar surface area (TPSA) is 85.0 Å². The summed E-state index contributed by atoms with van der Waals surface area (Å²) in [6, 6.07) is 9.95. The van der Waals surface area contributed by atoms with Gasteiger partial charge < -0.3 is 24.7 Å². The molecular weight excluding hydrogens is 382 g/mol. The molecule has 0 saturated heterocycles. The third kappa shape index (κ3) is 4.74. The molecule has 1 aromatic carbocycles. The standard InChI is InChI=1S/C20H22ClN3O4/c1-3-27-19(25)17-15(12-24(2)11-13-6-8-14(21)9-7-13)22-20(26)23-18(17)16-5-4-10-28-16/h4-10,18H,3,11-12H2,1-2H3,(H2,22,23,26)/p+1/t18-/m0/s1. The summed E-state index contributed by atoms with van der Waals surface area (Å²) in [5.41, 5.74) is 1.98. The van der Waals surface area contributed by atoms with Crippen molar-refractivity contribution in [3.8, 4) is 0 Å². The number of urea groups is 1. The van der Waals surface area contributed by atoms with E-state index in [2.05, 4.69) is 10.6 Å². The van der Waals surface area contributed by atoms with E-state index in [-0.39, 0.29) is 12.6 Å². The molecule has 148 valence electrons. The first-order valence-corrected chi connectivity index (χ1v) is 9.42. The lowest BCUT2D eigenvalue weighted by Crippen LogP contribution is -3.08. The number of ether oxygens (including phenoxy) is 1. The van der Waals surface area contributed by atoms with Crippen molar-refractivity contribution >= 4 is 23.6 Å². The molecule has 28 heavy (non-hydrogen) atoms. The summed E-state index contributed by atoms with van der Waals surface area (Å²) >= 11 is 5.94. The molecule has 8 heteroatoms. The number of esters is 1. The number of carbonyl (C=O) groups excluding carboxylic acids is 2. The molecule has 0 spiro atoms. The van der Waals surface area contributed by atoms with Gasteiger partial charge in [-0.05, 0) is 31.2 Å². The predicted octanol–water partition coefficient (Wildman–Crippen LogP) is 1.82. The second-order valence-electron chi connectivity index (χ2n) is 6.60. The van der Waals surface area contributed by atoms with Crippen molar-refractivity contribution in [1.29, 1.82) is 0 Å². The van der Waals surface area contributed by atoms with Crippen molar-refractivity contribution in [1.82, 2.24) is 10.6 Å². The predicted molar refractivity (Wildman–Crippen MR) is 104 cm³/mol. The molecule has 0 radical (unpaired) electrons. The van der Waals surface area contributed by atoms with Crippen LogP contribution in [0.4, 0.5) is 4.79 Å². The van der Waals surface area contributed by atoms with Crippen molar-refractivity contribution in [2.75, 3.05) is 20.2 Å². The molecule has 1 unspecified atom stereocenters. The minimum atomic E-state index is -0.693. The highest BCUT2D eigenvalue weighted by Gasteiger charge is 2.36. The van der Waals surface area contributed by atoms with Crippen LogP contribution in [-0.2, 0) is 16.1 Å². The lowest BCUT2D eigenvalue weighted by molar-refractivity contribution is -0.889. The summed E-state index contributed by atoms with van der Waals surface area (Å²) in [6.07, 6.45) is 1.50. The van der Waals surface area contributed by atoms with Gasteiger partial charge in [0, 0.05) is 10.6 Å². The molecule has 1 aliphatic heterocycles. The molecule has 2 atom stereocenters. The first kappa shape index (κ1) is 20.0. The van der Waals surface area contributed by atoms with Gasteiger partial charge in [0.25, 0.3) is 0 Å². The van der Waals surface area contributed by atoms with E-state index >= 15 is 0 Å². The Labute approximate surface area is 168 Å². The molecule has 0 saturated carbocycles. The first-order valence-electron chi connectivity index (χ1n) is 9.04. The fourth-order valence-corrected chi connectivity index (χ4v) is 3.32. The van der Waals surface area contributed by atoms with Crippen LogP contribution in [0.2, 0.25) is 5.02 Å². The lowest BCUT2D eigenvalue weighted by atomic mass is 10.00. The Hall–Kier alpha value is -2.77. The summed E-state index contributed by atoms with van der Waals surface area (Å²) in [7, 11) is 1.99. The second kappa shape index (κ2) is 8.95. The molecule has 0 bridgehead atoms. The monoisotopic (exact) mass is 404 g/mol. The van der Waals surface area contributed by atoms with Crippen LogP contribution in [0, 0.1) is 0 Å². The molecule has 2 heterocycles. The zero-order valence-corrected chi connectivity index (χ0v) is 16.5. The molecule has 0 fully saturated rings. The van der Waals surface area contributed by atoms with Crippen molar-refractivity contribution in [2.45, 2.75) is 19.5 Å².